The van der Waals surface area contributed by atoms with E-state index >= 15 is 0 Å². The van der Waals surface area contributed by atoms with E-state index in [2.05, 4.69) is 17.4 Å². The molecule has 5 heteroatoms. The van der Waals surface area contributed by atoms with E-state index in [-0.39, 0.29) is 11.9 Å². The van der Waals surface area contributed by atoms with E-state index in [0.29, 0.717) is 15.8 Å². The van der Waals surface area contributed by atoms with Gasteiger partial charge in [0.15, 0.2) is 6.10 Å². The molecule has 0 saturated heterocycles. The Bertz CT molecular complexity index is 676. The van der Waals surface area contributed by atoms with Crippen molar-refractivity contribution in [2.24, 2.45) is 0 Å². The number of hydrogen-bond acceptors (Lipinski definition) is 2. The highest BCUT2D eigenvalue weighted by molar-refractivity contribution is 6.42. The molecule has 24 heavy (non-hydrogen) atoms. The number of nitrogens with one attached hydrogen (secondary N) is 1. The van der Waals surface area contributed by atoms with E-state index in [1.807, 2.05) is 25.1 Å². The summed E-state index contributed by atoms with van der Waals surface area (Å²) in [5.74, 6) is 0.232. The second-order valence-electron chi connectivity index (χ2n) is 5.75. The SMILES string of the molecule is C[C@H](Oc1cccc(Cl)c1Cl)C(=O)N[C@@H](C)CCc1ccccc1. The molecular weight excluding hydrogens is 345 g/mol. The lowest BCUT2D eigenvalue weighted by molar-refractivity contribution is -0.127. The molecule has 0 spiro atoms. The van der Waals surface area contributed by atoms with Crippen LogP contribution in [0.1, 0.15) is 25.8 Å². The van der Waals surface area contributed by atoms with E-state index < -0.39 is 6.10 Å². The number of carbonyl (C=O) groups excluding carboxylic acids is 1. The summed E-state index contributed by atoms with van der Waals surface area (Å²) in [5.41, 5.74) is 1.26. The molecule has 0 heterocycles. The highest BCUT2D eigenvalue weighted by Crippen LogP contribution is 2.32. The van der Waals surface area contributed by atoms with Gasteiger partial charge in [-0.2, -0.15) is 0 Å². The van der Waals surface area contributed by atoms with Gasteiger partial charge in [0.05, 0.1) is 5.02 Å². The Hall–Kier alpha value is -1.71. The van der Waals surface area contributed by atoms with E-state index in [1.54, 1.807) is 25.1 Å². The van der Waals surface area contributed by atoms with Crippen molar-refractivity contribution in [3.05, 3.63) is 64.1 Å². The Morgan fingerprint density at radius 1 is 1.08 bits per heavy atom. The van der Waals surface area contributed by atoms with Crippen molar-refractivity contribution in [1.29, 1.82) is 0 Å². The third-order valence-corrected chi connectivity index (χ3v) is 4.49. The van der Waals surface area contributed by atoms with Gasteiger partial charge >= 0.3 is 0 Å². The summed E-state index contributed by atoms with van der Waals surface area (Å²) in [6, 6.07) is 15.4. The molecule has 2 rings (SSSR count). The van der Waals surface area contributed by atoms with Crippen LogP contribution >= 0.6 is 23.2 Å². The molecule has 0 bridgehead atoms. The average molecular weight is 366 g/mol. The van der Waals surface area contributed by atoms with Crippen LogP contribution in [0.5, 0.6) is 5.75 Å². The van der Waals surface area contributed by atoms with Crippen LogP contribution in [0.15, 0.2) is 48.5 Å². The van der Waals surface area contributed by atoms with Gasteiger partial charge in [-0.1, -0.05) is 59.6 Å². The second-order valence-corrected chi connectivity index (χ2v) is 6.53. The molecule has 0 aliphatic carbocycles. The molecule has 0 aliphatic heterocycles. The number of rotatable bonds is 7. The maximum absolute atomic E-state index is 12.3. The van der Waals surface area contributed by atoms with Crippen molar-refractivity contribution in [3.63, 3.8) is 0 Å². The normalized spacial score (nSPS) is 13.2. The molecule has 1 amide bonds. The molecule has 2 aromatic rings. The summed E-state index contributed by atoms with van der Waals surface area (Å²) < 4.78 is 5.62. The van der Waals surface area contributed by atoms with Crippen molar-refractivity contribution in [3.8, 4) is 5.75 Å². The monoisotopic (exact) mass is 365 g/mol. The number of benzene rings is 2. The van der Waals surface area contributed by atoms with E-state index in [1.165, 1.54) is 5.56 Å². The van der Waals surface area contributed by atoms with Crippen LogP contribution < -0.4 is 10.1 Å². The fourth-order valence-corrected chi connectivity index (χ4v) is 2.62. The average Bonchev–Trinajstić information content (AvgIpc) is 2.58. The maximum atomic E-state index is 12.3. The lowest BCUT2D eigenvalue weighted by atomic mass is 10.1. The number of halogens is 2. The van der Waals surface area contributed by atoms with Crippen LogP contribution in [0.2, 0.25) is 10.0 Å². The number of ether oxygens (including phenoxy) is 1. The molecule has 1 N–H and O–H groups in total. The third-order valence-electron chi connectivity index (χ3n) is 3.69. The van der Waals surface area contributed by atoms with Crippen LogP contribution in [-0.2, 0) is 11.2 Å². The molecule has 128 valence electrons. The minimum absolute atomic E-state index is 0.0542. The zero-order chi connectivity index (χ0) is 17.5. The molecule has 2 atom stereocenters. The smallest absolute Gasteiger partial charge is 0.260 e. The van der Waals surface area contributed by atoms with E-state index in [4.69, 9.17) is 27.9 Å². The van der Waals surface area contributed by atoms with Crippen molar-refractivity contribution in [2.45, 2.75) is 38.8 Å². The summed E-state index contributed by atoms with van der Waals surface area (Å²) in [4.78, 5) is 12.3. The lowest BCUT2D eigenvalue weighted by Crippen LogP contribution is -2.41. The quantitative estimate of drug-likeness (QED) is 0.757. The van der Waals surface area contributed by atoms with Crippen LogP contribution in [0, 0.1) is 0 Å². The second kappa shape index (κ2) is 8.95. The summed E-state index contributed by atoms with van der Waals surface area (Å²) in [7, 11) is 0. The maximum Gasteiger partial charge on any atom is 0.260 e. The van der Waals surface area contributed by atoms with Crippen LogP contribution in [0.3, 0.4) is 0 Å². The predicted octanol–water partition coefficient (Wildman–Crippen LogP) is 4.90. The minimum atomic E-state index is -0.653. The number of hydrogen-bond donors (Lipinski definition) is 1. The van der Waals surface area contributed by atoms with Gasteiger partial charge in [-0.15, -0.1) is 0 Å². The van der Waals surface area contributed by atoms with Gasteiger partial charge in [0, 0.05) is 6.04 Å². The van der Waals surface area contributed by atoms with Crippen LogP contribution in [0.4, 0.5) is 0 Å². The van der Waals surface area contributed by atoms with Crippen molar-refractivity contribution in [1.82, 2.24) is 5.32 Å². The van der Waals surface area contributed by atoms with Crippen molar-refractivity contribution in [2.75, 3.05) is 0 Å². The summed E-state index contributed by atoms with van der Waals surface area (Å²) in [6.07, 6.45) is 1.12. The van der Waals surface area contributed by atoms with Gasteiger partial charge in [-0.05, 0) is 44.4 Å². The molecule has 2 aromatic carbocycles. The Morgan fingerprint density at radius 3 is 2.50 bits per heavy atom. The fraction of sp³-hybridized carbons (Fsp3) is 0.316. The van der Waals surface area contributed by atoms with E-state index in [9.17, 15) is 4.79 Å². The molecule has 0 saturated carbocycles. The Labute approximate surface area is 152 Å². The number of aryl methyl sites for hydroxylation is 1. The Kier molecular flexibility index (Phi) is 6.95. The highest BCUT2D eigenvalue weighted by Gasteiger charge is 2.18. The Balaban J connectivity index is 1.83. The van der Waals surface area contributed by atoms with Crippen molar-refractivity contribution >= 4 is 29.1 Å². The Morgan fingerprint density at radius 2 is 1.79 bits per heavy atom. The number of carbonyl (C=O) groups is 1. The molecule has 0 fully saturated rings. The first-order valence-electron chi connectivity index (χ1n) is 7.92. The molecular formula is C19H21Cl2NO2. The minimum Gasteiger partial charge on any atom is -0.479 e. The zero-order valence-electron chi connectivity index (χ0n) is 13.8. The summed E-state index contributed by atoms with van der Waals surface area (Å²) in [6.45, 7) is 3.68. The third kappa shape index (κ3) is 5.43. The van der Waals surface area contributed by atoms with Gasteiger partial charge < -0.3 is 10.1 Å². The standard InChI is InChI=1S/C19H21Cl2NO2/c1-13(11-12-15-7-4-3-5-8-15)22-19(23)14(2)24-17-10-6-9-16(20)18(17)21/h3-10,13-14H,11-12H2,1-2H3,(H,22,23)/t13-,14-/m0/s1. The first-order chi connectivity index (χ1) is 11.5. The van der Waals surface area contributed by atoms with Crippen LogP contribution in [-0.4, -0.2) is 18.1 Å². The van der Waals surface area contributed by atoms with Crippen LogP contribution in [0.25, 0.3) is 0 Å². The predicted molar refractivity (Wildman–Crippen MR) is 98.9 cm³/mol. The largest absolute Gasteiger partial charge is 0.479 e. The number of amides is 1. The topological polar surface area (TPSA) is 38.3 Å². The first-order valence-corrected chi connectivity index (χ1v) is 8.68. The van der Waals surface area contributed by atoms with Gasteiger partial charge in [-0.3, -0.25) is 4.79 Å². The zero-order valence-corrected chi connectivity index (χ0v) is 15.3. The molecule has 0 aliphatic rings. The van der Waals surface area contributed by atoms with Crippen molar-refractivity contribution < 1.29 is 9.53 Å². The fourth-order valence-electron chi connectivity index (χ4n) is 2.28. The summed E-state index contributed by atoms with van der Waals surface area (Å²) in [5, 5.41) is 3.68. The molecule has 0 unspecified atom stereocenters. The van der Waals surface area contributed by atoms with Gasteiger partial charge in [0.1, 0.15) is 10.8 Å². The molecule has 3 nitrogen and oxygen atoms in total. The van der Waals surface area contributed by atoms with E-state index in [0.717, 1.165) is 12.8 Å². The summed E-state index contributed by atoms with van der Waals surface area (Å²) >= 11 is 12.0. The molecule has 0 aromatic heterocycles. The first kappa shape index (κ1) is 18.6. The highest BCUT2D eigenvalue weighted by atomic mass is 35.5. The van der Waals surface area contributed by atoms with Gasteiger partial charge in [0.25, 0.3) is 5.91 Å². The van der Waals surface area contributed by atoms with Gasteiger partial charge in [0.2, 0.25) is 0 Å². The van der Waals surface area contributed by atoms with Gasteiger partial charge in [-0.25, -0.2) is 0 Å². The molecule has 0 radical (unpaired) electrons. The lowest BCUT2D eigenvalue weighted by Gasteiger charge is -2.19.